The minimum absolute atomic E-state index is 0.411. The summed E-state index contributed by atoms with van der Waals surface area (Å²) in [7, 11) is 0. The fourth-order valence-electron chi connectivity index (χ4n) is 7.32. The average molecular weight is 537 g/mol. The Morgan fingerprint density at radius 3 is 2.00 bits per heavy atom. The summed E-state index contributed by atoms with van der Waals surface area (Å²) in [6.45, 7) is 20.7. The van der Waals surface area contributed by atoms with Gasteiger partial charge in [-0.05, 0) is 107 Å². The minimum atomic E-state index is 0.411. The summed E-state index contributed by atoms with van der Waals surface area (Å²) in [5.74, 6) is 1.31. The molecule has 3 aromatic heterocycles. The van der Waals surface area contributed by atoms with E-state index in [1.807, 2.05) is 6.20 Å². The van der Waals surface area contributed by atoms with Crippen molar-refractivity contribution in [1.82, 2.24) is 9.38 Å². The number of aryl methyl sites for hydroxylation is 3. The van der Waals surface area contributed by atoms with E-state index in [0.717, 1.165) is 5.52 Å². The van der Waals surface area contributed by atoms with Gasteiger partial charge in [0.05, 0.1) is 22.1 Å². The third kappa shape index (κ3) is 3.66. The number of pyridine rings is 2. The SMILES string of the molecule is Cc1cc(C)c2c(c1)c1nccc3cc(-c4c(C(C)C)cc(C(C)C)cc4C(C)C)c4c5ccc(C)cc5n2c4c31. The monoisotopic (exact) mass is 536 g/mol. The van der Waals surface area contributed by atoms with Gasteiger partial charge in [0.1, 0.15) is 0 Å². The molecule has 2 heteroatoms. The Bertz CT molecular complexity index is 2120. The quantitative estimate of drug-likeness (QED) is 0.161. The first-order valence-corrected chi connectivity index (χ1v) is 15.2. The van der Waals surface area contributed by atoms with Crippen molar-refractivity contribution in [3.05, 3.63) is 94.2 Å². The van der Waals surface area contributed by atoms with Crippen LogP contribution >= 0.6 is 0 Å². The molecule has 0 radical (unpaired) electrons. The first-order valence-electron chi connectivity index (χ1n) is 15.2. The summed E-state index contributed by atoms with van der Waals surface area (Å²) < 4.78 is 2.56. The zero-order chi connectivity index (χ0) is 28.9. The van der Waals surface area contributed by atoms with Crippen LogP contribution in [0.1, 0.15) is 92.7 Å². The van der Waals surface area contributed by atoms with Crippen LogP contribution in [0.4, 0.5) is 0 Å². The van der Waals surface area contributed by atoms with E-state index in [4.69, 9.17) is 4.98 Å². The molecule has 0 fully saturated rings. The molecule has 0 saturated carbocycles. The molecule has 3 heterocycles. The maximum Gasteiger partial charge on any atom is 0.0822 e. The van der Waals surface area contributed by atoms with Crippen LogP contribution in [-0.2, 0) is 0 Å². The number of nitrogens with zero attached hydrogens (tertiary/aromatic N) is 2. The Kier molecular flexibility index (Phi) is 5.74. The summed E-state index contributed by atoms with van der Waals surface area (Å²) in [5, 5.41) is 6.45. The highest BCUT2D eigenvalue weighted by atomic mass is 14.9. The van der Waals surface area contributed by atoms with E-state index in [1.54, 1.807) is 0 Å². The molecule has 7 rings (SSSR count). The van der Waals surface area contributed by atoms with Crippen LogP contribution in [0.15, 0.2) is 60.8 Å². The molecule has 0 spiro atoms. The summed E-state index contributed by atoms with van der Waals surface area (Å²) in [5.41, 5.74) is 15.9. The van der Waals surface area contributed by atoms with Crippen LogP contribution in [0.5, 0.6) is 0 Å². The van der Waals surface area contributed by atoms with Crippen LogP contribution < -0.4 is 0 Å². The molecule has 0 aliphatic heterocycles. The van der Waals surface area contributed by atoms with Crippen molar-refractivity contribution in [2.24, 2.45) is 0 Å². The van der Waals surface area contributed by atoms with Gasteiger partial charge in [0.15, 0.2) is 0 Å². The second-order valence-electron chi connectivity index (χ2n) is 13.3. The highest BCUT2D eigenvalue weighted by Gasteiger charge is 2.26. The van der Waals surface area contributed by atoms with Crippen molar-refractivity contribution in [1.29, 1.82) is 0 Å². The average Bonchev–Trinajstić information content (AvgIpc) is 3.25. The number of benzene rings is 4. The van der Waals surface area contributed by atoms with Gasteiger partial charge in [-0.1, -0.05) is 77.4 Å². The van der Waals surface area contributed by atoms with Crippen LogP contribution in [0, 0.1) is 20.8 Å². The molecule has 0 saturated heterocycles. The van der Waals surface area contributed by atoms with E-state index in [2.05, 4.69) is 121 Å². The molecular formula is C39H40N2. The van der Waals surface area contributed by atoms with E-state index < -0.39 is 0 Å². The molecule has 7 aromatic rings. The Morgan fingerprint density at radius 2 is 1.34 bits per heavy atom. The lowest BCUT2D eigenvalue weighted by Crippen LogP contribution is -2.04. The number of rotatable bonds is 4. The molecule has 0 aliphatic rings. The predicted molar refractivity (Wildman–Crippen MR) is 178 cm³/mol. The lowest BCUT2D eigenvalue weighted by Gasteiger charge is -2.24. The van der Waals surface area contributed by atoms with E-state index in [-0.39, 0.29) is 0 Å². The van der Waals surface area contributed by atoms with Gasteiger partial charge >= 0.3 is 0 Å². The second-order valence-corrected chi connectivity index (χ2v) is 13.3. The lowest BCUT2D eigenvalue weighted by molar-refractivity contribution is 0.808. The van der Waals surface area contributed by atoms with Gasteiger partial charge in [0.25, 0.3) is 0 Å². The lowest BCUT2D eigenvalue weighted by atomic mass is 9.80. The highest BCUT2D eigenvalue weighted by Crippen LogP contribution is 2.49. The first kappa shape index (κ1) is 26.0. The van der Waals surface area contributed by atoms with Gasteiger partial charge in [-0.15, -0.1) is 0 Å². The maximum atomic E-state index is 5.04. The normalized spacial score (nSPS) is 12.7. The summed E-state index contributed by atoms with van der Waals surface area (Å²) in [6.07, 6.45) is 2.01. The molecule has 0 aliphatic carbocycles. The van der Waals surface area contributed by atoms with E-state index in [0.29, 0.717) is 17.8 Å². The molecule has 206 valence electrons. The molecule has 2 nitrogen and oxygen atoms in total. The van der Waals surface area contributed by atoms with Crippen LogP contribution in [0.2, 0.25) is 0 Å². The van der Waals surface area contributed by atoms with E-state index >= 15 is 0 Å². The third-order valence-corrected chi connectivity index (χ3v) is 9.24. The van der Waals surface area contributed by atoms with Crippen LogP contribution in [0.3, 0.4) is 0 Å². The Morgan fingerprint density at radius 1 is 0.634 bits per heavy atom. The molecule has 0 unspecified atom stereocenters. The fraction of sp³-hybridized carbons (Fsp3) is 0.308. The molecular weight excluding hydrogens is 496 g/mol. The van der Waals surface area contributed by atoms with Gasteiger partial charge < -0.3 is 4.40 Å². The van der Waals surface area contributed by atoms with Crippen molar-refractivity contribution in [2.75, 3.05) is 0 Å². The Hall–Kier alpha value is -3.91. The fourth-order valence-corrected chi connectivity index (χ4v) is 7.32. The van der Waals surface area contributed by atoms with Crippen molar-refractivity contribution in [3.63, 3.8) is 0 Å². The van der Waals surface area contributed by atoms with Crippen LogP contribution in [-0.4, -0.2) is 9.38 Å². The topological polar surface area (TPSA) is 17.3 Å². The summed E-state index contributed by atoms with van der Waals surface area (Å²) in [6, 6.07) is 21.3. The molecule has 0 N–H and O–H groups in total. The second kappa shape index (κ2) is 9.05. The highest BCUT2D eigenvalue weighted by molar-refractivity contribution is 6.31. The largest absolute Gasteiger partial charge is 0.308 e. The molecule has 0 amide bonds. The molecule has 41 heavy (non-hydrogen) atoms. The Labute approximate surface area is 243 Å². The van der Waals surface area contributed by atoms with E-state index in [9.17, 15) is 0 Å². The zero-order valence-electron chi connectivity index (χ0n) is 25.9. The van der Waals surface area contributed by atoms with Crippen molar-refractivity contribution in [2.45, 2.75) is 80.1 Å². The first-order chi connectivity index (χ1) is 19.6. The number of fused-ring (bicyclic) bond motifs is 6. The van der Waals surface area contributed by atoms with Crippen molar-refractivity contribution >= 4 is 49.0 Å². The van der Waals surface area contributed by atoms with Gasteiger partial charge in [-0.3, -0.25) is 4.98 Å². The van der Waals surface area contributed by atoms with Gasteiger partial charge in [-0.25, -0.2) is 0 Å². The Balaban J connectivity index is 1.81. The molecule has 0 atom stereocenters. The van der Waals surface area contributed by atoms with E-state index in [1.165, 1.54) is 88.0 Å². The number of aromatic nitrogens is 2. The van der Waals surface area contributed by atoms with Crippen LogP contribution in [0.25, 0.3) is 60.1 Å². The van der Waals surface area contributed by atoms with Gasteiger partial charge in [-0.2, -0.15) is 0 Å². The zero-order valence-corrected chi connectivity index (χ0v) is 25.9. The van der Waals surface area contributed by atoms with Crippen molar-refractivity contribution < 1.29 is 0 Å². The minimum Gasteiger partial charge on any atom is -0.308 e. The maximum absolute atomic E-state index is 5.04. The number of hydrogen-bond donors (Lipinski definition) is 0. The third-order valence-electron chi connectivity index (χ3n) is 9.24. The van der Waals surface area contributed by atoms with Gasteiger partial charge in [0.2, 0.25) is 0 Å². The molecule has 0 bridgehead atoms. The summed E-state index contributed by atoms with van der Waals surface area (Å²) in [4.78, 5) is 5.04. The predicted octanol–water partition coefficient (Wildman–Crippen LogP) is 11.3. The smallest absolute Gasteiger partial charge is 0.0822 e. The number of hydrogen-bond acceptors (Lipinski definition) is 1. The van der Waals surface area contributed by atoms with Crippen molar-refractivity contribution in [3.8, 4) is 11.1 Å². The summed E-state index contributed by atoms with van der Waals surface area (Å²) >= 11 is 0. The standard InChI is InChI=1S/C39H40N2/c1-20(2)27-18-29(21(3)4)35(30(19-27)22(5)6)31-17-26-12-13-40-37-32-15-24(8)14-25(9)38(32)41-33-16-23(7)10-11-28(33)36(31)39(41)34(26)37/h10-22H,1-9H3. The molecule has 4 aromatic carbocycles. The van der Waals surface area contributed by atoms with Gasteiger partial charge in [0, 0.05) is 27.7 Å².